The minimum atomic E-state index is -0.539. The van der Waals surface area contributed by atoms with Gasteiger partial charge in [-0.05, 0) is 24.8 Å². The first-order valence-electron chi connectivity index (χ1n) is 6.90. The lowest BCUT2D eigenvalue weighted by molar-refractivity contribution is 0.0529. The molecule has 1 aliphatic carbocycles. The molecule has 1 saturated carbocycles. The summed E-state index contributed by atoms with van der Waals surface area (Å²) in [6.45, 7) is 0. The average Bonchev–Trinajstić information content (AvgIpc) is 2.66. The third-order valence-corrected chi connectivity index (χ3v) is 4.13. The van der Waals surface area contributed by atoms with Gasteiger partial charge in [0.25, 0.3) is 0 Å². The molecular weight excluding hydrogens is 222 g/mol. The van der Waals surface area contributed by atoms with Gasteiger partial charge in [0, 0.05) is 0 Å². The number of nitrogens with zero attached hydrogens (tertiary/aromatic N) is 1. The van der Waals surface area contributed by atoms with Crippen LogP contribution in [0.4, 0.5) is 0 Å². The molecule has 1 unspecified atom stereocenters. The largest absolute Gasteiger partial charge is 0.391 e. The Balaban J connectivity index is 2.09. The van der Waals surface area contributed by atoms with E-state index in [4.69, 9.17) is 0 Å². The van der Waals surface area contributed by atoms with Crippen molar-refractivity contribution in [3.05, 3.63) is 35.9 Å². The molecule has 1 atom stereocenters. The van der Waals surface area contributed by atoms with E-state index in [0.29, 0.717) is 6.42 Å². The fourth-order valence-corrected chi connectivity index (χ4v) is 2.91. The van der Waals surface area contributed by atoms with E-state index in [1.54, 1.807) is 0 Å². The molecule has 1 fully saturated rings. The van der Waals surface area contributed by atoms with Gasteiger partial charge in [-0.25, -0.2) is 0 Å². The Kier molecular flexibility index (Phi) is 4.38. The Morgan fingerprint density at radius 2 is 1.72 bits per heavy atom. The Morgan fingerprint density at radius 1 is 1.11 bits per heavy atom. The van der Waals surface area contributed by atoms with Gasteiger partial charge >= 0.3 is 0 Å². The Morgan fingerprint density at radius 3 is 2.28 bits per heavy atom. The summed E-state index contributed by atoms with van der Waals surface area (Å²) in [7, 11) is 0. The van der Waals surface area contributed by atoms with Crippen molar-refractivity contribution in [1.29, 1.82) is 5.26 Å². The van der Waals surface area contributed by atoms with E-state index < -0.39 is 11.5 Å². The third-order valence-electron chi connectivity index (χ3n) is 4.13. The Labute approximate surface area is 109 Å². The first kappa shape index (κ1) is 13.1. The summed E-state index contributed by atoms with van der Waals surface area (Å²) < 4.78 is 0. The minimum absolute atomic E-state index is 0.521. The average molecular weight is 243 g/mol. The first-order valence-corrected chi connectivity index (χ1v) is 6.90. The summed E-state index contributed by atoms with van der Waals surface area (Å²) in [4.78, 5) is 0. The van der Waals surface area contributed by atoms with Crippen LogP contribution in [0.5, 0.6) is 0 Å². The van der Waals surface area contributed by atoms with Crippen LogP contribution in [0.1, 0.15) is 44.1 Å². The predicted octanol–water partition coefficient (Wildman–Crippen LogP) is 3.45. The number of aliphatic hydroxyl groups excluding tert-OH is 1. The summed E-state index contributed by atoms with van der Waals surface area (Å²) in [5.74, 6) is 0. The van der Waals surface area contributed by atoms with Gasteiger partial charge in [0.05, 0.1) is 17.6 Å². The van der Waals surface area contributed by atoms with Crippen LogP contribution in [0.15, 0.2) is 30.3 Å². The number of nitriles is 1. The van der Waals surface area contributed by atoms with Gasteiger partial charge < -0.3 is 5.11 Å². The summed E-state index contributed by atoms with van der Waals surface area (Å²) >= 11 is 0. The van der Waals surface area contributed by atoms with Gasteiger partial charge in [0.2, 0.25) is 0 Å². The summed E-state index contributed by atoms with van der Waals surface area (Å²) in [6, 6.07) is 12.4. The molecule has 96 valence electrons. The maximum absolute atomic E-state index is 10.5. The van der Waals surface area contributed by atoms with Crippen molar-refractivity contribution in [3.63, 3.8) is 0 Å². The minimum Gasteiger partial charge on any atom is -0.391 e. The van der Waals surface area contributed by atoms with E-state index >= 15 is 0 Å². The number of aliphatic hydroxyl groups is 1. The highest BCUT2D eigenvalue weighted by Gasteiger charge is 2.38. The zero-order chi connectivity index (χ0) is 12.8. The van der Waals surface area contributed by atoms with Crippen molar-refractivity contribution in [3.8, 4) is 6.07 Å². The first-order chi connectivity index (χ1) is 8.77. The van der Waals surface area contributed by atoms with E-state index in [1.165, 1.54) is 12.8 Å². The van der Waals surface area contributed by atoms with Gasteiger partial charge in [-0.15, -0.1) is 0 Å². The molecule has 0 bridgehead atoms. The molecule has 0 saturated heterocycles. The Bertz CT molecular complexity index is 399. The number of hydrogen-bond acceptors (Lipinski definition) is 2. The van der Waals surface area contributed by atoms with Gasteiger partial charge in [-0.1, -0.05) is 56.0 Å². The summed E-state index contributed by atoms with van der Waals surface area (Å²) in [5.41, 5.74) is 0.593. The molecule has 18 heavy (non-hydrogen) atoms. The molecule has 0 amide bonds. The van der Waals surface area contributed by atoms with E-state index in [2.05, 4.69) is 6.07 Å². The van der Waals surface area contributed by atoms with Gasteiger partial charge in [-0.2, -0.15) is 5.26 Å². The normalized spacial score (nSPS) is 20.7. The molecule has 0 aromatic heterocycles. The fraction of sp³-hybridized carbons (Fsp3) is 0.562. The predicted molar refractivity (Wildman–Crippen MR) is 71.9 cm³/mol. The molecule has 1 aliphatic rings. The molecule has 0 aliphatic heterocycles. The highest BCUT2D eigenvalue weighted by Crippen LogP contribution is 2.38. The van der Waals surface area contributed by atoms with Crippen LogP contribution in [0.2, 0.25) is 0 Å². The van der Waals surface area contributed by atoms with Gasteiger partial charge in [-0.3, -0.25) is 0 Å². The van der Waals surface area contributed by atoms with Crippen molar-refractivity contribution >= 4 is 0 Å². The zero-order valence-electron chi connectivity index (χ0n) is 10.8. The van der Waals surface area contributed by atoms with Crippen LogP contribution in [0, 0.1) is 16.7 Å². The van der Waals surface area contributed by atoms with Crippen molar-refractivity contribution < 1.29 is 5.11 Å². The molecule has 0 spiro atoms. The highest BCUT2D eigenvalue weighted by atomic mass is 16.3. The standard InChI is InChI=1S/C16H21NO/c17-13-16(10-6-1-2-7-11-16)15(18)12-14-8-4-3-5-9-14/h3-5,8-9,15,18H,1-2,6-7,10-12H2. The maximum Gasteiger partial charge on any atom is 0.0835 e. The molecule has 2 heteroatoms. The van der Waals surface area contributed by atoms with Crippen molar-refractivity contribution in [2.75, 3.05) is 0 Å². The number of benzene rings is 1. The molecule has 2 nitrogen and oxygen atoms in total. The van der Waals surface area contributed by atoms with Crippen LogP contribution in [0.3, 0.4) is 0 Å². The highest BCUT2D eigenvalue weighted by molar-refractivity contribution is 5.18. The second-order valence-electron chi connectivity index (χ2n) is 5.39. The second kappa shape index (κ2) is 6.02. The van der Waals surface area contributed by atoms with Crippen LogP contribution < -0.4 is 0 Å². The van der Waals surface area contributed by atoms with E-state index in [-0.39, 0.29) is 0 Å². The third kappa shape index (κ3) is 2.91. The molecular formula is C16H21NO. The van der Waals surface area contributed by atoms with Gasteiger partial charge in [0.15, 0.2) is 0 Å². The van der Waals surface area contributed by atoms with Crippen molar-refractivity contribution in [1.82, 2.24) is 0 Å². The second-order valence-corrected chi connectivity index (χ2v) is 5.39. The maximum atomic E-state index is 10.5. The number of rotatable bonds is 3. The lowest BCUT2D eigenvalue weighted by Crippen LogP contribution is -2.35. The van der Waals surface area contributed by atoms with Crippen LogP contribution in [-0.2, 0) is 6.42 Å². The van der Waals surface area contributed by atoms with Crippen LogP contribution in [0.25, 0.3) is 0 Å². The molecule has 0 radical (unpaired) electrons. The topological polar surface area (TPSA) is 44.0 Å². The molecule has 1 aromatic carbocycles. The lowest BCUT2D eigenvalue weighted by atomic mass is 9.75. The summed E-state index contributed by atoms with van der Waals surface area (Å²) in [6.07, 6.45) is 6.27. The summed E-state index contributed by atoms with van der Waals surface area (Å²) in [5, 5.41) is 20.0. The van der Waals surface area contributed by atoms with E-state index in [1.807, 2.05) is 30.3 Å². The molecule has 0 heterocycles. The Hall–Kier alpha value is -1.33. The quantitative estimate of drug-likeness (QED) is 0.826. The molecule has 1 N–H and O–H groups in total. The molecule has 1 aromatic rings. The smallest absolute Gasteiger partial charge is 0.0835 e. The van der Waals surface area contributed by atoms with Crippen molar-refractivity contribution in [2.45, 2.75) is 51.0 Å². The monoisotopic (exact) mass is 243 g/mol. The van der Waals surface area contributed by atoms with Crippen LogP contribution in [-0.4, -0.2) is 11.2 Å². The van der Waals surface area contributed by atoms with E-state index in [0.717, 1.165) is 31.2 Å². The number of hydrogen-bond donors (Lipinski definition) is 1. The molecule has 2 rings (SSSR count). The van der Waals surface area contributed by atoms with Gasteiger partial charge in [0.1, 0.15) is 0 Å². The lowest BCUT2D eigenvalue weighted by Gasteiger charge is -2.30. The SMILES string of the molecule is N#CC1(C(O)Cc2ccccc2)CCCCCC1. The van der Waals surface area contributed by atoms with E-state index in [9.17, 15) is 10.4 Å². The van der Waals surface area contributed by atoms with Crippen molar-refractivity contribution in [2.24, 2.45) is 5.41 Å². The fourth-order valence-electron chi connectivity index (χ4n) is 2.91. The zero-order valence-corrected chi connectivity index (χ0v) is 10.8. The van der Waals surface area contributed by atoms with Crippen LogP contribution >= 0.6 is 0 Å².